The molecule has 1 N–H and O–H groups in total. The zero-order chi connectivity index (χ0) is 14.8. The van der Waals surface area contributed by atoms with Crippen molar-refractivity contribution in [3.63, 3.8) is 0 Å². The molecule has 1 saturated carbocycles. The van der Waals surface area contributed by atoms with Crippen LogP contribution < -0.4 is 5.32 Å². The zero-order valence-corrected chi connectivity index (χ0v) is 14.1. The van der Waals surface area contributed by atoms with Crippen LogP contribution in [0.2, 0.25) is 5.02 Å². The molecule has 0 amide bonds. The molecule has 20 heavy (non-hydrogen) atoms. The molecule has 4 heteroatoms. The highest BCUT2D eigenvalue weighted by Gasteiger charge is 2.38. The average Bonchev–Trinajstić information content (AvgIpc) is 2.62. The van der Waals surface area contributed by atoms with Crippen LogP contribution in [0.3, 0.4) is 0 Å². The second-order valence-electron chi connectivity index (χ2n) is 6.72. The molecule has 1 aromatic heterocycles. The molecule has 1 fully saturated rings. The van der Waals surface area contributed by atoms with Gasteiger partial charge in [0.05, 0.1) is 16.4 Å². The second-order valence-corrected chi connectivity index (χ2v) is 7.09. The third-order valence-corrected chi connectivity index (χ3v) is 4.95. The van der Waals surface area contributed by atoms with Gasteiger partial charge in [-0.3, -0.25) is 4.68 Å². The summed E-state index contributed by atoms with van der Waals surface area (Å²) in [5.41, 5.74) is 2.60. The van der Waals surface area contributed by atoms with Gasteiger partial charge in [-0.1, -0.05) is 31.9 Å². The molecule has 1 aliphatic carbocycles. The number of aryl methyl sites for hydroxylation is 2. The van der Waals surface area contributed by atoms with Crippen molar-refractivity contribution in [3.8, 4) is 0 Å². The smallest absolute Gasteiger partial charge is 0.0847 e. The molecule has 0 spiro atoms. The van der Waals surface area contributed by atoms with E-state index in [1.54, 1.807) is 0 Å². The summed E-state index contributed by atoms with van der Waals surface area (Å²) in [6.45, 7) is 11.8. The predicted molar refractivity (Wildman–Crippen MR) is 85.3 cm³/mol. The summed E-state index contributed by atoms with van der Waals surface area (Å²) in [7, 11) is 0. The first kappa shape index (κ1) is 15.8. The van der Waals surface area contributed by atoms with Crippen LogP contribution in [-0.2, 0) is 13.0 Å². The number of rotatable bonds is 7. The SMILES string of the molecule is CCn1nc(C)c(Cl)c1CC1(CNCC(C)C)CCC1. The number of halogens is 1. The Hall–Kier alpha value is -0.540. The fourth-order valence-electron chi connectivity index (χ4n) is 3.11. The highest BCUT2D eigenvalue weighted by molar-refractivity contribution is 6.31. The molecule has 0 atom stereocenters. The summed E-state index contributed by atoms with van der Waals surface area (Å²) >= 11 is 6.46. The molecule has 2 rings (SSSR count). The van der Waals surface area contributed by atoms with Crippen LogP contribution in [0.25, 0.3) is 0 Å². The Labute approximate surface area is 128 Å². The Morgan fingerprint density at radius 2 is 2.10 bits per heavy atom. The minimum atomic E-state index is 0.401. The van der Waals surface area contributed by atoms with Gasteiger partial charge >= 0.3 is 0 Å². The molecule has 114 valence electrons. The van der Waals surface area contributed by atoms with Crippen LogP contribution >= 0.6 is 11.6 Å². The molecule has 1 aromatic rings. The topological polar surface area (TPSA) is 29.9 Å². The van der Waals surface area contributed by atoms with Gasteiger partial charge in [0.1, 0.15) is 0 Å². The van der Waals surface area contributed by atoms with Crippen LogP contribution in [0.4, 0.5) is 0 Å². The van der Waals surface area contributed by atoms with E-state index in [4.69, 9.17) is 11.6 Å². The van der Waals surface area contributed by atoms with E-state index in [1.165, 1.54) is 25.0 Å². The van der Waals surface area contributed by atoms with Crippen molar-refractivity contribution in [3.05, 3.63) is 16.4 Å². The maximum atomic E-state index is 6.46. The number of aromatic nitrogens is 2. The van der Waals surface area contributed by atoms with E-state index in [-0.39, 0.29) is 0 Å². The summed E-state index contributed by atoms with van der Waals surface area (Å²) in [6.07, 6.45) is 5.02. The first-order chi connectivity index (χ1) is 9.47. The first-order valence-electron chi connectivity index (χ1n) is 7.90. The van der Waals surface area contributed by atoms with E-state index in [1.807, 2.05) is 6.92 Å². The number of nitrogens with one attached hydrogen (secondary N) is 1. The van der Waals surface area contributed by atoms with Gasteiger partial charge in [-0.15, -0.1) is 0 Å². The van der Waals surface area contributed by atoms with Crippen molar-refractivity contribution in [2.24, 2.45) is 11.3 Å². The third-order valence-electron chi connectivity index (χ3n) is 4.46. The van der Waals surface area contributed by atoms with Gasteiger partial charge in [-0.05, 0) is 51.0 Å². The maximum Gasteiger partial charge on any atom is 0.0847 e. The highest BCUT2D eigenvalue weighted by atomic mass is 35.5. The Bertz CT molecular complexity index is 447. The lowest BCUT2D eigenvalue weighted by atomic mass is 9.66. The Morgan fingerprint density at radius 1 is 1.40 bits per heavy atom. The van der Waals surface area contributed by atoms with Crippen LogP contribution in [0.5, 0.6) is 0 Å². The van der Waals surface area contributed by atoms with Crippen molar-refractivity contribution in [1.82, 2.24) is 15.1 Å². The van der Waals surface area contributed by atoms with E-state index < -0.39 is 0 Å². The Morgan fingerprint density at radius 3 is 2.60 bits per heavy atom. The molecule has 3 nitrogen and oxygen atoms in total. The number of hydrogen-bond acceptors (Lipinski definition) is 2. The van der Waals surface area contributed by atoms with Crippen molar-refractivity contribution >= 4 is 11.6 Å². The normalized spacial score (nSPS) is 17.5. The van der Waals surface area contributed by atoms with Gasteiger partial charge in [0.2, 0.25) is 0 Å². The standard InChI is InChI=1S/C16H28ClN3/c1-5-20-14(15(17)13(4)19-20)9-16(7-6-8-16)11-18-10-12(2)3/h12,18H,5-11H2,1-4H3. The Balaban J connectivity index is 2.06. The maximum absolute atomic E-state index is 6.46. The number of nitrogens with zero attached hydrogens (tertiary/aromatic N) is 2. The van der Waals surface area contributed by atoms with Crippen LogP contribution in [0.15, 0.2) is 0 Å². The van der Waals surface area contributed by atoms with Crippen molar-refractivity contribution < 1.29 is 0 Å². The minimum Gasteiger partial charge on any atom is -0.316 e. The van der Waals surface area contributed by atoms with Crippen molar-refractivity contribution in [1.29, 1.82) is 0 Å². The lowest BCUT2D eigenvalue weighted by molar-refractivity contribution is 0.125. The summed E-state index contributed by atoms with van der Waals surface area (Å²) < 4.78 is 2.08. The zero-order valence-electron chi connectivity index (χ0n) is 13.3. The van der Waals surface area contributed by atoms with Crippen molar-refractivity contribution in [2.75, 3.05) is 13.1 Å². The third kappa shape index (κ3) is 3.37. The molecule has 0 unspecified atom stereocenters. The van der Waals surface area contributed by atoms with Gasteiger partial charge < -0.3 is 5.32 Å². The summed E-state index contributed by atoms with van der Waals surface area (Å²) in [5, 5.41) is 9.06. The van der Waals surface area contributed by atoms with E-state index in [9.17, 15) is 0 Å². The monoisotopic (exact) mass is 297 g/mol. The summed E-state index contributed by atoms with van der Waals surface area (Å²) in [6, 6.07) is 0. The van der Waals surface area contributed by atoms with E-state index >= 15 is 0 Å². The van der Waals surface area contributed by atoms with Crippen molar-refractivity contribution in [2.45, 2.75) is 59.9 Å². The molecule has 0 aromatic carbocycles. The quantitative estimate of drug-likeness (QED) is 0.829. The lowest BCUT2D eigenvalue weighted by Gasteiger charge is -2.42. The van der Waals surface area contributed by atoms with Gasteiger partial charge in [0, 0.05) is 13.1 Å². The average molecular weight is 298 g/mol. The lowest BCUT2D eigenvalue weighted by Crippen LogP contribution is -2.43. The van der Waals surface area contributed by atoms with Gasteiger partial charge in [-0.25, -0.2) is 0 Å². The van der Waals surface area contributed by atoms with Gasteiger partial charge in [-0.2, -0.15) is 5.10 Å². The first-order valence-corrected chi connectivity index (χ1v) is 8.28. The van der Waals surface area contributed by atoms with Gasteiger partial charge in [0.25, 0.3) is 0 Å². The van der Waals surface area contributed by atoms with Crippen LogP contribution in [0, 0.1) is 18.3 Å². The second kappa shape index (κ2) is 6.48. The predicted octanol–water partition coefficient (Wildman–Crippen LogP) is 3.82. The van der Waals surface area contributed by atoms with E-state index in [0.717, 1.165) is 36.8 Å². The van der Waals surface area contributed by atoms with Crippen LogP contribution in [0.1, 0.15) is 51.4 Å². The Kier molecular flexibility index (Phi) is 5.14. The molecule has 0 saturated heterocycles. The van der Waals surface area contributed by atoms with Gasteiger partial charge in [0.15, 0.2) is 0 Å². The molecule has 1 aliphatic rings. The molecule has 0 radical (unpaired) electrons. The van der Waals surface area contributed by atoms with E-state index in [2.05, 4.69) is 35.9 Å². The largest absolute Gasteiger partial charge is 0.316 e. The fraction of sp³-hybridized carbons (Fsp3) is 0.812. The molecular formula is C16H28ClN3. The van der Waals surface area contributed by atoms with Crippen LogP contribution in [-0.4, -0.2) is 22.9 Å². The summed E-state index contributed by atoms with van der Waals surface area (Å²) in [5.74, 6) is 0.708. The minimum absolute atomic E-state index is 0.401. The molecular weight excluding hydrogens is 270 g/mol. The molecule has 0 aliphatic heterocycles. The number of hydrogen-bond donors (Lipinski definition) is 1. The van der Waals surface area contributed by atoms with E-state index in [0.29, 0.717) is 11.3 Å². The molecule has 0 bridgehead atoms. The highest BCUT2D eigenvalue weighted by Crippen LogP contribution is 2.44. The fourth-order valence-corrected chi connectivity index (χ4v) is 3.31. The molecule has 1 heterocycles. The summed E-state index contributed by atoms with van der Waals surface area (Å²) in [4.78, 5) is 0.